The van der Waals surface area contributed by atoms with Crippen molar-refractivity contribution in [3.05, 3.63) is 23.8 Å². The first-order valence-corrected chi connectivity index (χ1v) is 6.71. The maximum absolute atomic E-state index is 11.6. The molecule has 0 heterocycles. The van der Waals surface area contributed by atoms with Gasteiger partial charge in [-0.3, -0.25) is 0 Å². The highest BCUT2D eigenvalue weighted by atomic mass is 16.5. The summed E-state index contributed by atoms with van der Waals surface area (Å²) in [6.07, 6.45) is 2.03. The van der Waals surface area contributed by atoms with Gasteiger partial charge < -0.3 is 21.1 Å². The number of carbonyl (C=O) groups excluding carboxylic acids is 1. The average Bonchev–Trinajstić information content (AvgIpc) is 2.41. The zero-order chi connectivity index (χ0) is 14.1. The quantitative estimate of drug-likeness (QED) is 0.663. The average molecular weight is 265 g/mol. The predicted molar refractivity (Wildman–Crippen MR) is 77.4 cm³/mol. The van der Waals surface area contributed by atoms with Crippen molar-refractivity contribution in [2.45, 2.75) is 33.2 Å². The molecule has 5 nitrogen and oxygen atoms in total. The van der Waals surface area contributed by atoms with Crippen molar-refractivity contribution >= 4 is 11.7 Å². The van der Waals surface area contributed by atoms with Gasteiger partial charge in [-0.1, -0.05) is 13.3 Å². The molecule has 0 saturated carbocycles. The van der Waals surface area contributed by atoms with Crippen molar-refractivity contribution in [2.75, 3.05) is 18.5 Å². The van der Waals surface area contributed by atoms with Crippen LogP contribution in [-0.2, 0) is 6.54 Å². The first-order valence-electron chi connectivity index (χ1n) is 6.71. The fraction of sp³-hybridized carbons (Fsp3) is 0.500. The van der Waals surface area contributed by atoms with Gasteiger partial charge in [-0.05, 0) is 31.5 Å². The topological polar surface area (TPSA) is 76.4 Å². The lowest BCUT2D eigenvalue weighted by molar-refractivity contribution is 0.252. The molecule has 4 N–H and O–H groups in total. The molecule has 0 fully saturated rings. The molecule has 19 heavy (non-hydrogen) atoms. The summed E-state index contributed by atoms with van der Waals surface area (Å²) in [6, 6.07) is 5.28. The lowest BCUT2D eigenvalue weighted by Crippen LogP contribution is -2.29. The van der Waals surface area contributed by atoms with Crippen LogP contribution in [0.5, 0.6) is 5.75 Å². The van der Waals surface area contributed by atoms with Crippen molar-refractivity contribution in [2.24, 2.45) is 5.73 Å². The molecule has 0 aliphatic rings. The summed E-state index contributed by atoms with van der Waals surface area (Å²) in [5.41, 5.74) is 7.27. The van der Waals surface area contributed by atoms with Gasteiger partial charge in [-0.25, -0.2) is 4.79 Å². The molecule has 5 heteroatoms. The number of nitrogens with two attached hydrogens (primary N) is 1. The third kappa shape index (κ3) is 5.18. The van der Waals surface area contributed by atoms with Gasteiger partial charge in [0.05, 0.1) is 6.61 Å². The minimum absolute atomic E-state index is 0.194. The van der Waals surface area contributed by atoms with E-state index in [1.54, 1.807) is 0 Å². The Morgan fingerprint density at radius 1 is 1.37 bits per heavy atom. The number of anilines is 1. The monoisotopic (exact) mass is 265 g/mol. The highest BCUT2D eigenvalue weighted by Crippen LogP contribution is 2.22. The maximum Gasteiger partial charge on any atom is 0.319 e. The molecular weight excluding hydrogens is 242 g/mol. The fourth-order valence-corrected chi connectivity index (χ4v) is 1.67. The number of rotatable bonds is 7. The van der Waals surface area contributed by atoms with E-state index < -0.39 is 0 Å². The molecule has 0 aliphatic heterocycles. The fourth-order valence-electron chi connectivity index (χ4n) is 1.67. The Morgan fingerprint density at radius 2 is 2.16 bits per heavy atom. The molecule has 0 spiro atoms. The largest absolute Gasteiger partial charge is 0.494 e. The summed E-state index contributed by atoms with van der Waals surface area (Å²) in [6.45, 7) is 5.66. The number of ether oxygens (including phenoxy) is 1. The van der Waals surface area contributed by atoms with Crippen LogP contribution in [0.4, 0.5) is 10.5 Å². The Kier molecular flexibility index (Phi) is 6.74. The van der Waals surface area contributed by atoms with E-state index in [0.717, 1.165) is 29.8 Å². The van der Waals surface area contributed by atoms with Crippen LogP contribution in [0.1, 0.15) is 32.3 Å². The number of amides is 2. The van der Waals surface area contributed by atoms with Crippen molar-refractivity contribution in [3.63, 3.8) is 0 Å². The van der Waals surface area contributed by atoms with Crippen LogP contribution >= 0.6 is 0 Å². The smallest absolute Gasteiger partial charge is 0.319 e. The highest BCUT2D eigenvalue weighted by Gasteiger charge is 2.06. The molecule has 0 radical (unpaired) electrons. The summed E-state index contributed by atoms with van der Waals surface area (Å²) in [5, 5.41) is 5.58. The summed E-state index contributed by atoms with van der Waals surface area (Å²) in [7, 11) is 0. The maximum atomic E-state index is 11.6. The number of hydrogen-bond acceptors (Lipinski definition) is 3. The minimum Gasteiger partial charge on any atom is -0.494 e. The molecule has 106 valence electrons. The van der Waals surface area contributed by atoms with Crippen LogP contribution in [0, 0.1) is 0 Å². The van der Waals surface area contributed by atoms with Crippen LogP contribution in [0.2, 0.25) is 0 Å². The van der Waals surface area contributed by atoms with Crippen molar-refractivity contribution in [3.8, 4) is 5.75 Å². The Morgan fingerprint density at radius 3 is 2.79 bits per heavy atom. The molecule has 0 aromatic heterocycles. The first-order chi connectivity index (χ1) is 9.21. The standard InChI is InChI=1S/C14H23N3O2/c1-3-5-8-16-14(18)17-12-6-7-13(19-4-2)11(9-12)10-15/h6-7,9H,3-5,8,10,15H2,1-2H3,(H2,16,17,18). The Hall–Kier alpha value is -1.75. The first kappa shape index (κ1) is 15.3. The summed E-state index contributed by atoms with van der Waals surface area (Å²) < 4.78 is 5.46. The highest BCUT2D eigenvalue weighted by molar-refractivity contribution is 5.89. The van der Waals surface area contributed by atoms with Gasteiger partial charge in [-0.2, -0.15) is 0 Å². The van der Waals surface area contributed by atoms with E-state index in [0.29, 0.717) is 19.7 Å². The van der Waals surface area contributed by atoms with E-state index in [1.165, 1.54) is 0 Å². The SMILES string of the molecule is CCCCNC(=O)Nc1ccc(OCC)c(CN)c1. The zero-order valence-electron chi connectivity index (χ0n) is 11.7. The minimum atomic E-state index is -0.194. The van der Waals surface area contributed by atoms with Crippen molar-refractivity contribution in [1.29, 1.82) is 0 Å². The van der Waals surface area contributed by atoms with E-state index in [2.05, 4.69) is 17.6 Å². The number of hydrogen-bond donors (Lipinski definition) is 3. The summed E-state index contributed by atoms with van der Waals surface area (Å²) >= 11 is 0. The molecular formula is C14H23N3O2. The van der Waals surface area contributed by atoms with Crippen molar-refractivity contribution in [1.82, 2.24) is 5.32 Å². The van der Waals surface area contributed by atoms with E-state index in [4.69, 9.17) is 10.5 Å². The molecule has 0 unspecified atom stereocenters. The number of nitrogens with one attached hydrogen (secondary N) is 2. The molecule has 2 amide bonds. The van der Waals surface area contributed by atoms with Gasteiger partial charge in [0.2, 0.25) is 0 Å². The van der Waals surface area contributed by atoms with Gasteiger partial charge in [0.15, 0.2) is 0 Å². The lowest BCUT2D eigenvalue weighted by atomic mass is 10.2. The summed E-state index contributed by atoms with van der Waals surface area (Å²) in [5.74, 6) is 0.766. The molecule has 1 rings (SSSR count). The number of urea groups is 1. The van der Waals surface area contributed by atoms with Crippen LogP contribution in [0.25, 0.3) is 0 Å². The summed E-state index contributed by atoms with van der Waals surface area (Å²) in [4.78, 5) is 11.6. The molecule has 0 atom stereocenters. The Bertz CT molecular complexity index is 408. The zero-order valence-corrected chi connectivity index (χ0v) is 11.7. The normalized spacial score (nSPS) is 10.1. The van der Waals surface area contributed by atoms with Gasteiger partial charge in [0.1, 0.15) is 5.75 Å². The second-order valence-electron chi connectivity index (χ2n) is 4.19. The third-order valence-corrected chi connectivity index (χ3v) is 2.65. The van der Waals surface area contributed by atoms with Crippen LogP contribution in [0.3, 0.4) is 0 Å². The third-order valence-electron chi connectivity index (χ3n) is 2.65. The molecule has 0 aliphatic carbocycles. The van der Waals surface area contributed by atoms with Gasteiger partial charge in [-0.15, -0.1) is 0 Å². The molecule has 1 aromatic carbocycles. The Labute approximate surface area is 114 Å². The van der Waals surface area contributed by atoms with E-state index >= 15 is 0 Å². The van der Waals surface area contributed by atoms with Crippen LogP contribution in [0.15, 0.2) is 18.2 Å². The number of carbonyl (C=O) groups is 1. The number of benzene rings is 1. The second kappa shape index (κ2) is 8.37. The molecule has 1 aromatic rings. The lowest BCUT2D eigenvalue weighted by Gasteiger charge is -2.12. The van der Waals surface area contributed by atoms with Gasteiger partial charge in [0, 0.05) is 24.3 Å². The van der Waals surface area contributed by atoms with Crippen LogP contribution in [-0.4, -0.2) is 19.2 Å². The van der Waals surface area contributed by atoms with Crippen LogP contribution < -0.4 is 21.1 Å². The molecule has 0 saturated heterocycles. The van der Waals surface area contributed by atoms with Crippen molar-refractivity contribution < 1.29 is 9.53 Å². The number of unbranched alkanes of at least 4 members (excludes halogenated alkanes) is 1. The second-order valence-corrected chi connectivity index (χ2v) is 4.19. The van der Waals surface area contributed by atoms with E-state index in [1.807, 2.05) is 25.1 Å². The molecule has 0 bridgehead atoms. The van der Waals surface area contributed by atoms with Gasteiger partial charge in [0.25, 0.3) is 0 Å². The van der Waals surface area contributed by atoms with Gasteiger partial charge >= 0.3 is 6.03 Å². The Balaban J connectivity index is 2.61. The predicted octanol–water partition coefficient (Wildman–Crippen LogP) is 2.47. The van der Waals surface area contributed by atoms with E-state index in [9.17, 15) is 4.79 Å². The van der Waals surface area contributed by atoms with E-state index in [-0.39, 0.29) is 6.03 Å².